The third-order valence-corrected chi connectivity index (χ3v) is 6.99. The van der Waals surface area contributed by atoms with E-state index in [1.807, 2.05) is 19.1 Å². The van der Waals surface area contributed by atoms with Crippen LogP contribution in [0.3, 0.4) is 0 Å². The maximum Gasteiger partial charge on any atom is 0.316 e. The summed E-state index contributed by atoms with van der Waals surface area (Å²) in [5.74, 6) is -1.70. The average molecular weight is 475 g/mol. The molecule has 35 heavy (non-hydrogen) atoms. The molecule has 1 aliphatic carbocycles. The Morgan fingerprint density at radius 1 is 0.971 bits per heavy atom. The number of rotatable bonds is 5. The maximum absolute atomic E-state index is 13.1. The zero-order chi connectivity index (χ0) is 24.7. The topological polar surface area (TPSA) is 93.2 Å². The van der Waals surface area contributed by atoms with Gasteiger partial charge in [-0.1, -0.05) is 31.2 Å². The molecule has 0 spiro atoms. The maximum atomic E-state index is 13.1. The van der Waals surface area contributed by atoms with Crippen molar-refractivity contribution in [2.45, 2.75) is 19.8 Å². The first-order valence-electron chi connectivity index (χ1n) is 11.7. The van der Waals surface area contributed by atoms with E-state index in [9.17, 15) is 19.2 Å². The second kappa shape index (κ2) is 9.02. The number of carbonyl (C=O) groups excluding carboxylic acids is 4. The highest BCUT2D eigenvalue weighted by molar-refractivity contribution is 6.22. The Morgan fingerprint density at radius 3 is 2.43 bits per heavy atom. The molecule has 0 bridgehead atoms. The van der Waals surface area contributed by atoms with Crippen LogP contribution in [0.4, 0.5) is 11.4 Å². The Morgan fingerprint density at radius 2 is 1.69 bits per heavy atom. The first-order chi connectivity index (χ1) is 16.9. The Balaban J connectivity index is 1.29. The molecule has 3 aliphatic rings. The first kappa shape index (κ1) is 22.8. The van der Waals surface area contributed by atoms with E-state index >= 15 is 0 Å². The molecule has 3 amide bonds. The summed E-state index contributed by atoms with van der Waals surface area (Å²) in [6, 6.07) is 13.5. The smallest absolute Gasteiger partial charge is 0.316 e. The lowest BCUT2D eigenvalue weighted by molar-refractivity contribution is -0.139. The Kier molecular flexibility index (Phi) is 5.88. The van der Waals surface area contributed by atoms with Gasteiger partial charge in [-0.15, -0.1) is 0 Å². The van der Waals surface area contributed by atoms with E-state index in [4.69, 9.17) is 9.47 Å². The molecule has 0 aromatic heterocycles. The van der Waals surface area contributed by atoms with Crippen LogP contribution in [0.2, 0.25) is 0 Å². The molecule has 8 heteroatoms. The van der Waals surface area contributed by atoms with E-state index in [1.165, 1.54) is 11.0 Å². The molecule has 2 saturated heterocycles. The van der Waals surface area contributed by atoms with Crippen LogP contribution in [0, 0.1) is 23.7 Å². The number of anilines is 2. The summed E-state index contributed by atoms with van der Waals surface area (Å²) in [6.45, 7) is 2.14. The number of allylic oxidation sites excluding steroid dienone is 2. The van der Waals surface area contributed by atoms with Crippen LogP contribution in [-0.2, 0) is 19.2 Å². The molecule has 2 fully saturated rings. The van der Waals surface area contributed by atoms with Crippen molar-refractivity contribution in [3.63, 3.8) is 0 Å². The summed E-state index contributed by atoms with van der Waals surface area (Å²) in [4.78, 5) is 54.3. The summed E-state index contributed by atoms with van der Waals surface area (Å²) >= 11 is 0. The number of methoxy groups -OCH3 is 1. The van der Waals surface area contributed by atoms with E-state index in [1.54, 1.807) is 54.5 Å². The van der Waals surface area contributed by atoms with Gasteiger partial charge in [-0.3, -0.25) is 19.2 Å². The lowest BCUT2D eigenvalue weighted by Gasteiger charge is -2.22. The zero-order valence-electron chi connectivity index (χ0n) is 19.5. The van der Waals surface area contributed by atoms with Crippen molar-refractivity contribution in [3.8, 4) is 11.5 Å². The first-order valence-corrected chi connectivity index (χ1v) is 11.7. The predicted octanol–water partition coefficient (Wildman–Crippen LogP) is 3.36. The van der Waals surface area contributed by atoms with Crippen LogP contribution in [0.5, 0.6) is 11.5 Å². The molecule has 0 saturated carbocycles. The highest BCUT2D eigenvalue weighted by atomic mass is 16.5. The highest BCUT2D eigenvalue weighted by Crippen LogP contribution is 2.41. The van der Waals surface area contributed by atoms with Gasteiger partial charge < -0.3 is 14.4 Å². The van der Waals surface area contributed by atoms with Gasteiger partial charge in [0.05, 0.1) is 30.6 Å². The molecule has 0 radical (unpaired) electrons. The van der Waals surface area contributed by atoms with Crippen LogP contribution in [0.15, 0.2) is 60.7 Å². The van der Waals surface area contributed by atoms with Gasteiger partial charge in [-0.2, -0.15) is 0 Å². The van der Waals surface area contributed by atoms with E-state index in [0.717, 1.165) is 0 Å². The van der Waals surface area contributed by atoms with Gasteiger partial charge in [0.15, 0.2) is 0 Å². The fourth-order valence-corrected chi connectivity index (χ4v) is 5.18. The Hall–Kier alpha value is -3.94. The number of hydrogen-bond acceptors (Lipinski definition) is 6. The number of imide groups is 1. The molecular weight excluding hydrogens is 448 g/mol. The number of esters is 1. The lowest BCUT2D eigenvalue weighted by Crippen LogP contribution is -2.31. The van der Waals surface area contributed by atoms with Gasteiger partial charge in [0, 0.05) is 30.8 Å². The summed E-state index contributed by atoms with van der Waals surface area (Å²) < 4.78 is 10.8. The van der Waals surface area contributed by atoms with Crippen LogP contribution in [0.1, 0.15) is 19.8 Å². The van der Waals surface area contributed by atoms with Gasteiger partial charge in [0.2, 0.25) is 17.7 Å². The predicted molar refractivity (Wildman–Crippen MR) is 128 cm³/mol. The standard InChI is InChI=1S/C27H26N2O6/c1-16-6-3-11-22-24(16)26(32)29(25(22)31)19-8-5-10-21(14-19)35-27(33)17-12-23(30)28(15-17)18-7-4-9-20(13-18)34-2/h3-10,13-14,16-17,22,24H,11-12,15H2,1-2H3/t16-,17+,22-,24+/m1/s1. The molecule has 2 aromatic carbocycles. The largest absolute Gasteiger partial charge is 0.497 e. The van der Waals surface area contributed by atoms with E-state index < -0.39 is 11.9 Å². The van der Waals surface area contributed by atoms with Gasteiger partial charge in [0.25, 0.3) is 0 Å². The molecule has 8 nitrogen and oxygen atoms in total. The lowest BCUT2D eigenvalue weighted by atomic mass is 9.78. The number of amides is 3. The van der Waals surface area contributed by atoms with Crippen LogP contribution in [-0.4, -0.2) is 37.3 Å². The van der Waals surface area contributed by atoms with Crippen LogP contribution < -0.4 is 19.3 Å². The highest BCUT2D eigenvalue weighted by Gasteiger charge is 2.50. The van der Waals surface area contributed by atoms with Crippen LogP contribution >= 0.6 is 0 Å². The molecule has 2 aromatic rings. The number of nitrogens with zero attached hydrogens (tertiary/aromatic N) is 2. The Bertz CT molecular complexity index is 1240. The fraction of sp³-hybridized carbons (Fsp3) is 0.333. The quantitative estimate of drug-likeness (QED) is 0.286. The van der Waals surface area contributed by atoms with Crippen molar-refractivity contribution in [1.29, 1.82) is 0 Å². The molecule has 2 aliphatic heterocycles. The summed E-state index contributed by atoms with van der Waals surface area (Å²) in [5, 5.41) is 0. The summed E-state index contributed by atoms with van der Waals surface area (Å²) in [7, 11) is 1.55. The number of hydrogen-bond donors (Lipinski definition) is 0. The van der Waals surface area contributed by atoms with Crippen LogP contribution in [0.25, 0.3) is 0 Å². The van der Waals surface area contributed by atoms with Crippen molar-refractivity contribution in [2.75, 3.05) is 23.5 Å². The number of carbonyl (C=O) groups is 4. The van der Waals surface area contributed by atoms with E-state index in [2.05, 4.69) is 0 Å². The monoisotopic (exact) mass is 474 g/mol. The summed E-state index contributed by atoms with van der Waals surface area (Å²) in [5.41, 5.74) is 1.04. The van der Waals surface area contributed by atoms with Crippen molar-refractivity contribution < 1.29 is 28.7 Å². The third kappa shape index (κ3) is 4.09. The molecule has 4 atom stereocenters. The minimum Gasteiger partial charge on any atom is -0.497 e. The third-order valence-electron chi connectivity index (χ3n) is 6.99. The average Bonchev–Trinajstić information content (AvgIpc) is 3.37. The van der Waals surface area contributed by atoms with Crippen molar-refractivity contribution >= 4 is 35.1 Å². The van der Waals surface area contributed by atoms with Gasteiger partial charge >= 0.3 is 5.97 Å². The second-order valence-electron chi connectivity index (χ2n) is 9.19. The zero-order valence-corrected chi connectivity index (χ0v) is 19.5. The Labute approximate surface area is 203 Å². The minimum atomic E-state index is -0.637. The van der Waals surface area contributed by atoms with E-state index in [-0.39, 0.29) is 54.2 Å². The van der Waals surface area contributed by atoms with E-state index in [0.29, 0.717) is 23.5 Å². The van der Waals surface area contributed by atoms with Gasteiger partial charge in [-0.05, 0) is 36.6 Å². The molecule has 0 N–H and O–H groups in total. The number of fused-ring (bicyclic) bond motifs is 1. The normalized spacial score (nSPS) is 25.7. The minimum absolute atomic E-state index is 0.0105. The molecule has 5 rings (SSSR count). The van der Waals surface area contributed by atoms with Gasteiger partial charge in [0.1, 0.15) is 11.5 Å². The molecular formula is C27H26N2O6. The summed E-state index contributed by atoms with van der Waals surface area (Å²) in [6.07, 6.45) is 4.51. The van der Waals surface area contributed by atoms with Gasteiger partial charge in [-0.25, -0.2) is 4.90 Å². The number of benzene rings is 2. The van der Waals surface area contributed by atoms with Crippen molar-refractivity contribution in [3.05, 3.63) is 60.7 Å². The molecule has 0 unspecified atom stereocenters. The fourth-order valence-electron chi connectivity index (χ4n) is 5.18. The van der Waals surface area contributed by atoms with Crippen molar-refractivity contribution in [1.82, 2.24) is 0 Å². The van der Waals surface area contributed by atoms with Crippen molar-refractivity contribution in [2.24, 2.45) is 23.7 Å². The number of ether oxygens (including phenoxy) is 2. The SMILES string of the molecule is COc1cccc(N2C[C@@H](C(=O)Oc3cccc(N4C(=O)[C@H]5[C@H](C)C=CC[C@H]5C4=O)c3)CC2=O)c1. The molecule has 180 valence electrons. The second-order valence-corrected chi connectivity index (χ2v) is 9.19. The molecule has 2 heterocycles.